The molecule has 2 aliphatic heterocycles. The Morgan fingerprint density at radius 3 is 2.56 bits per heavy atom. The van der Waals surface area contributed by atoms with Crippen molar-refractivity contribution in [3.05, 3.63) is 51.6 Å². The van der Waals surface area contributed by atoms with Crippen LogP contribution in [0.15, 0.2) is 18.2 Å². The van der Waals surface area contributed by atoms with Gasteiger partial charge in [0.15, 0.2) is 11.6 Å². The minimum absolute atomic E-state index is 0.0228. The number of aliphatic hydroxyl groups is 1. The minimum atomic E-state index is -0.665. The van der Waals surface area contributed by atoms with Gasteiger partial charge in [0.05, 0.1) is 55.8 Å². The van der Waals surface area contributed by atoms with Crippen molar-refractivity contribution in [3.63, 3.8) is 0 Å². The highest BCUT2D eigenvalue weighted by atomic mass is 16.6. The first-order valence-corrected chi connectivity index (χ1v) is 14.8. The smallest absolute Gasteiger partial charge is 0.202 e. The maximum Gasteiger partial charge on any atom is 0.202 e. The zero-order chi connectivity index (χ0) is 30.4. The zero-order valence-corrected chi connectivity index (χ0v) is 24.3. The van der Waals surface area contributed by atoms with E-state index in [-0.39, 0.29) is 76.5 Å². The van der Waals surface area contributed by atoms with Gasteiger partial charge in [0.1, 0.15) is 30.1 Å². The molecule has 43 heavy (non-hydrogen) atoms. The van der Waals surface area contributed by atoms with Crippen LogP contribution in [0, 0.1) is 11.8 Å². The van der Waals surface area contributed by atoms with Gasteiger partial charge in [0, 0.05) is 29.2 Å². The van der Waals surface area contributed by atoms with Crippen LogP contribution in [-0.2, 0) is 25.4 Å². The number of hydrogen-bond acceptors (Lipinski definition) is 11. The zero-order valence-electron chi connectivity index (χ0n) is 24.3. The van der Waals surface area contributed by atoms with E-state index in [1.54, 1.807) is 12.1 Å². The predicted octanol–water partition coefficient (Wildman–Crippen LogP) is 2.24. The van der Waals surface area contributed by atoms with Crippen molar-refractivity contribution < 1.29 is 48.7 Å². The Balaban J connectivity index is 1.35. The van der Waals surface area contributed by atoms with E-state index in [2.05, 4.69) is 5.32 Å². The van der Waals surface area contributed by atoms with Crippen LogP contribution in [0.5, 0.6) is 17.2 Å². The van der Waals surface area contributed by atoms with Crippen molar-refractivity contribution in [3.8, 4) is 17.2 Å². The molecule has 2 heterocycles. The molecule has 11 heteroatoms. The van der Waals surface area contributed by atoms with Gasteiger partial charge in [-0.25, -0.2) is 0 Å². The van der Waals surface area contributed by atoms with E-state index < -0.39 is 41.5 Å². The molecular weight excluding hydrogens is 558 g/mol. The van der Waals surface area contributed by atoms with Crippen LogP contribution < -0.4 is 10.1 Å². The van der Waals surface area contributed by atoms with E-state index in [0.717, 1.165) is 13.0 Å². The number of aliphatic hydroxyl groups excluding tert-OH is 1. The van der Waals surface area contributed by atoms with Crippen molar-refractivity contribution in [1.82, 2.24) is 5.32 Å². The van der Waals surface area contributed by atoms with Crippen LogP contribution in [0.3, 0.4) is 0 Å². The lowest BCUT2D eigenvalue weighted by molar-refractivity contribution is -0.152. The molecule has 4 N–H and O–H groups in total. The number of ether oxygens (including phenoxy) is 4. The molecule has 0 aromatic heterocycles. The molecule has 2 saturated heterocycles. The standard InChI is InChI=1S/C32H37NO10/c1-15(22-7-6-17(13-42-22)43-24-14-41-9-8-33-24)19-10-16(21(35)12-34)11-20-25(19)31(38)28-27(30(20)37)29(36)18-4-3-5-23(40-2)26(18)32(28)39/h3-5,15-17,19,22,24,33-34,37-38H,6-14H2,1-2H3. The number of phenolic OH excluding ortho intramolecular Hbond substituents is 2. The quantitative estimate of drug-likeness (QED) is 0.297. The van der Waals surface area contributed by atoms with Gasteiger partial charge in [0.25, 0.3) is 0 Å². The summed E-state index contributed by atoms with van der Waals surface area (Å²) in [7, 11) is 1.39. The normalized spacial score (nSPS) is 27.6. The number of ketones is 3. The summed E-state index contributed by atoms with van der Waals surface area (Å²) >= 11 is 0. The molecule has 2 aliphatic carbocycles. The van der Waals surface area contributed by atoms with Gasteiger partial charge in [-0.05, 0) is 43.6 Å². The van der Waals surface area contributed by atoms with Crippen LogP contribution >= 0.6 is 0 Å². The molecule has 0 saturated carbocycles. The number of nitrogens with one attached hydrogen (secondary N) is 1. The van der Waals surface area contributed by atoms with Gasteiger partial charge >= 0.3 is 0 Å². The van der Waals surface area contributed by atoms with Crippen LogP contribution in [0.1, 0.15) is 75.1 Å². The Labute approximate surface area is 249 Å². The second-order valence-corrected chi connectivity index (χ2v) is 11.8. The molecule has 4 aliphatic rings. The van der Waals surface area contributed by atoms with Crippen LogP contribution in [-0.4, -0.2) is 91.2 Å². The molecule has 0 radical (unpaired) electrons. The van der Waals surface area contributed by atoms with Crippen LogP contribution in [0.25, 0.3) is 0 Å². The van der Waals surface area contributed by atoms with Gasteiger partial charge in [-0.15, -0.1) is 0 Å². The number of rotatable bonds is 7. The average Bonchev–Trinajstić information content (AvgIpc) is 3.04. The number of carbonyl (C=O) groups is 3. The highest BCUT2D eigenvalue weighted by Crippen LogP contribution is 2.53. The topological polar surface area (TPSA) is 161 Å². The Kier molecular flexibility index (Phi) is 8.27. The molecule has 2 aromatic rings. The second-order valence-electron chi connectivity index (χ2n) is 11.8. The first-order valence-electron chi connectivity index (χ1n) is 14.8. The van der Waals surface area contributed by atoms with Gasteiger partial charge in [-0.2, -0.15) is 0 Å². The summed E-state index contributed by atoms with van der Waals surface area (Å²) in [6, 6.07) is 4.62. The first kappa shape index (κ1) is 29.7. The van der Waals surface area contributed by atoms with E-state index in [9.17, 15) is 29.7 Å². The molecule has 230 valence electrons. The Morgan fingerprint density at radius 1 is 1.09 bits per heavy atom. The molecule has 6 rings (SSSR count). The summed E-state index contributed by atoms with van der Waals surface area (Å²) < 4.78 is 23.2. The van der Waals surface area contributed by atoms with Crippen molar-refractivity contribution in [1.29, 1.82) is 0 Å². The molecule has 0 spiro atoms. The van der Waals surface area contributed by atoms with E-state index in [4.69, 9.17) is 18.9 Å². The molecular formula is C32H37NO10. The second kappa shape index (κ2) is 12.0. The Morgan fingerprint density at radius 2 is 1.88 bits per heavy atom. The van der Waals surface area contributed by atoms with Gasteiger partial charge in [-0.3, -0.25) is 19.7 Å². The fraction of sp³-hybridized carbons (Fsp3) is 0.531. The molecule has 2 aromatic carbocycles. The maximum atomic E-state index is 13.8. The molecule has 6 unspecified atom stereocenters. The maximum absolute atomic E-state index is 13.8. The number of hydrogen-bond donors (Lipinski definition) is 4. The first-order chi connectivity index (χ1) is 20.7. The molecule has 11 nitrogen and oxygen atoms in total. The molecule has 0 amide bonds. The third-order valence-electron chi connectivity index (χ3n) is 9.47. The summed E-state index contributed by atoms with van der Waals surface area (Å²) in [5, 5.41) is 36.3. The highest BCUT2D eigenvalue weighted by Gasteiger charge is 2.46. The van der Waals surface area contributed by atoms with Crippen LogP contribution in [0.4, 0.5) is 0 Å². The predicted molar refractivity (Wildman–Crippen MR) is 152 cm³/mol. The monoisotopic (exact) mass is 595 g/mol. The van der Waals surface area contributed by atoms with Gasteiger partial charge < -0.3 is 34.3 Å². The van der Waals surface area contributed by atoms with E-state index in [1.807, 2.05) is 6.92 Å². The van der Waals surface area contributed by atoms with E-state index in [1.165, 1.54) is 13.2 Å². The van der Waals surface area contributed by atoms with E-state index in [0.29, 0.717) is 31.8 Å². The van der Waals surface area contributed by atoms with Gasteiger partial charge in [-0.1, -0.05) is 19.1 Å². The van der Waals surface area contributed by atoms with Crippen LogP contribution in [0.2, 0.25) is 0 Å². The lowest BCUT2D eigenvalue weighted by atomic mass is 9.66. The fourth-order valence-corrected chi connectivity index (χ4v) is 7.22. The number of Topliss-reactive ketones (excluding diaryl/α,β-unsaturated/α-hetero) is 1. The minimum Gasteiger partial charge on any atom is -0.507 e. The lowest BCUT2D eigenvalue weighted by Crippen LogP contribution is -2.47. The number of morpholine rings is 1. The summed E-state index contributed by atoms with van der Waals surface area (Å²) in [6.45, 7) is 3.50. The largest absolute Gasteiger partial charge is 0.507 e. The summed E-state index contributed by atoms with van der Waals surface area (Å²) in [5.74, 6) is -3.61. The summed E-state index contributed by atoms with van der Waals surface area (Å²) in [5.41, 5.74) is 0.153. The summed E-state index contributed by atoms with van der Waals surface area (Å²) in [6.07, 6.45) is 1.13. The number of aromatic hydroxyl groups is 2. The number of carbonyl (C=O) groups excluding carboxylic acids is 3. The number of benzene rings is 2. The SMILES string of the molecule is COc1cccc2c1C(=O)c1c(O)c3c(c(O)c1C2=O)CC(C(=O)CO)CC3C(C)C1CCC(OC2COCCN2)CO1. The van der Waals surface area contributed by atoms with Crippen molar-refractivity contribution >= 4 is 17.3 Å². The Hall–Kier alpha value is -3.35. The van der Waals surface area contributed by atoms with Crippen molar-refractivity contribution in [2.45, 2.75) is 57.0 Å². The Bertz CT molecular complexity index is 1440. The third kappa shape index (κ3) is 5.12. The lowest BCUT2D eigenvalue weighted by Gasteiger charge is -2.41. The third-order valence-corrected chi connectivity index (χ3v) is 9.47. The molecule has 0 bridgehead atoms. The number of methoxy groups -OCH3 is 1. The highest BCUT2D eigenvalue weighted by molar-refractivity contribution is 6.31. The molecule has 6 atom stereocenters. The number of phenols is 2. The fourth-order valence-electron chi connectivity index (χ4n) is 7.22. The average molecular weight is 596 g/mol. The van der Waals surface area contributed by atoms with Crippen molar-refractivity contribution in [2.75, 3.05) is 40.1 Å². The summed E-state index contributed by atoms with van der Waals surface area (Å²) in [4.78, 5) is 40.3. The van der Waals surface area contributed by atoms with E-state index >= 15 is 0 Å². The molecule has 2 fully saturated rings. The van der Waals surface area contributed by atoms with Gasteiger partial charge in [0.2, 0.25) is 5.78 Å². The number of fused-ring (bicyclic) bond motifs is 3. The van der Waals surface area contributed by atoms with Crippen molar-refractivity contribution in [2.24, 2.45) is 11.8 Å².